The molecule has 0 saturated carbocycles. The zero-order chi connectivity index (χ0) is 38.6. The first-order chi connectivity index (χ1) is 26.4. The molecule has 0 aliphatic rings. The van der Waals surface area contributed by atoms with Crippen LogP contribution < -0.4 is 60.1 Å². The number of hydrogen-bond acceptors (Lipinski definition) is 4. The van der Waals surface area contributed by atoms with E-state index < -0.39 is 0 Å². The van der Waals surface area contributed by atoms with Gasteiger partial charge >= 0.3 is 0 Å². The van der Waals surface area contributed by atoms with Crippen LogP contribution in [0.2, 0.25) is 0 Å². The highest BCUT2D eigenvalue weighted by Crippen LogP contribution is 2.35. The van der Waals surface area contributed by atoms with Crippen LogP contribution in [0.25, 0.3) is 83.6 Å². The molecule has 0 atom stereocenters. The van der Waals surface area contributed by atoms with E-state index in [9.17, 15) is 0 Å². The molecule has 0 saturated heterocycles. The maximum atomic E-state index is 7.30. The lowest BCUT2D eigenvalue weighted by Crippen LogP contribution is -2.42. The van der Waals surface area contributed by atoms with Gasteiger partial charge in [-0.05, 0) is 16.2 Å². The standard InChI is InChI=1S/C39H35B11N4O/c40-17-11-16-22-28(47)30(49)31(50)34(54-32-20(43)12-18(41)26(45)24(32)25-27(46)19(42)13-21(44)33(25)54)36(22)55-35(16)29(48)23(17)39-52-37(14-7-3-1-4-8-14)51-38(53-39)15-9-5-2-6-10-15/h1-13H,40-50H2. The van der Waals surface area contributed by atoms with Gasteiger partial charge in [0.05, 0.1) is 5.69 Å². The van der Waals surface area contributed by atoms with Crippen molar-refractivity contribution in [3.05, 3.63) is 78.9 Å². The van der Waals surface area contributed by atoms with Crippen molar-refractivity contribution in [1.82, 2.24) is 19.5 Å². The van der Waals surface area contributed by atoms with Crippen LogP contribution >= 0.6 is 0 Å². The summed E-state index contributed by atoms with van der Waals surface area (Å²) in [6, 6.07) is 27.3. The summed E-state index contributed by atoms with van der Waals surface area (Å²) in [6.45, 7) is 0. The third-order valence-corrected chi connectivity index (χ3v) is 12.3. The molecule has 6 aromatic carbocycles. The Hall–Kier alpha value is -5.36. The molecular formula is C39H35B11N4O. The van der Waals surface area contributed by atoms with Crippen LogP contribution in [-0.2, 0) is 0 Å². The number of nitrogens with zero attached hydrogens (tertiary/aromatic N) is 4. The average molecular weight is 695 g/mol. The first-order valence-electron chi connectivity index (χ1n) is 19.2. The van der Waals surface area contributed by atoms with Crippen molar-refractivity contribution in [2.45, 2.75) is 0 Å². The lowest BCUT2D eigenvalue weighted by Gasteiger charge is -2.19. The predicted octanol–water partition coefficient (Wildman–Crippen LogP) is -9.29. The zero-order valence-corrected chi connectivity index (χ0v) is 33.7. The predicted molar refractivity (Wildman–Crippen MR) is 268 cm³/mol. The summed E-state index contributed by atoms with van der Waals surface area (Å²) < 4.78 is 9.83. The molecule has 9 rings (SSSR count). The van der Waals surface area contributed by atoms with Crippen molar-refractivity contribution in [2.75, 3.05) is 0 Å². The van der Waals surface area contributed by atoms with Gasteiger partial charge in [0.2, 0.25) is 0 Å². The first-order valence-corrected chi connectivity index (χ1v) is 19.2. The Labute approximate surface area is 331 Å². The van der Waals surface area contributed by atoms with E-state index in [0.29, 0.717) is 17.5 Å². The lowest BCUT2D eigenvalue weighted by molar-refractivity contribution is 0.670. The van der Waals surface area contributed by atoms with Gasteiger partial charge in [-0.2, -0.15) is 0 Å². The summed E-state index contributed by atoms with van der Waals surface area (Å²) in [5.74, 6) is 1.93. The molecule has 0 unspecified atom stereocenters. The maximum Gasteiger partial charge on any atom is 0.164 e. The van der Waals surface area contributed by atoms with E-state index in [1.165, 1.54) is 71.0 Å². The molecule has 5 nitrogen and oxygen atoms in total. The first kappa shape index (κ1) is 35.4. The monoisotopic (exact) mass is 696 g/mol. The number of hydrogen-bond donors (Lipinski definition) is 0. The Morgan fingerprint density at radius 1 is 0.418 bits per heavy atom. The summed E-state index contributed by atoms with van der Waals surface area (Å²) in [5.41, 5.74) is 21.9. The molecule has 9 aromatic rings. The van der Waals surface area contributed by atoms with E-state index in [2.05, 4.69) is 133 Å². The van der Waals surface area contributed by atoms with Crippen LogP contribution in [0.4, 0.5) is 0 Å². The highest BCUT2D eigenvalue weighted by atomic mass is 16.3. The molecule has 16 heteroatoms. The molecule has 0 amide bonds. The van der Waals surface area contributed by atoms with Crippen LogP contribution in [0.5, 0.6) is 0 Å². The van der Waals surface area contributed by atoms with E-state index in [0.717, 1.165) is 55.2 Å². The van der Waals surface area contributed by atoms with Gasteiger partial charge in [-0.15, -0.1) is 0 Å². The largest absolute Gasteiger partial charge is 0.454 e. The van der Waals surface area contributed by atoms with Crippen LogP contribution in [-0.4, -0.2) is 106 Å². The van der Waals surface area contributed by atoms with Crippen molar-refractivity contribution in [1.29, 1.82) is 0 Å². The van der Waals surface area contributed by atoms with Gasteiger partial charge in [0, 0.05) is 38.5 Å². The molecular weight excluding hydrogens is 659 g/mol. The minimum atomic E-state index is 0.639. The molecule has 0 N–H and O–H groups in total. The van der Waals surface area contributed by atoms with Crippen LogP contribution in [0, 0.1) is 0 Å². The van der Waals surface area contributed by atoms with E-state index in [1.807, 2.05) is 36.4 Å². The number of benzene rings is 6. The fourth-order valence-corrected chi connectivity index (χ4v) is 9.12. The van der Waals surface area contributed by atoms with Gasteiger partial charge in [0.15, 0.2) is 23.1 Å². The minimum absolute atomic E-state index is 0.639. The van der Waals surface area contributed by atoms with Crippen molar-refractivity contribution in [3.8, 4) is 39.9 Å². The number of furan rings is 1. The molecule has 0 aliphatic heterocycles. The third-order valence-electron chi connectivity index (χ3n) is 12.3. The van der Waals surface area contributed by atoms with Crippen LogP contribution in [0.15, 0.2) is 83.3 Å². The topological polar surface area (TPSA) is 56.7 Å². The summed E-state index contributed by atoms with van der Waals surface area (Å²) in [5, 5.41) is 4.96. The Kier molecular flexibility index (Phi) is 8.27. The SMILES string of the molecule is Bc1cc2c(oc3c(-n4c5c(B)cc(B)c(B)c5c5c(B)c(B)cc(B)c54)c(B)c(B)c(B)c32)c(B)c1-c1nc(-c2ccccc2)nc(-c2ccccc2)n1. The Balaban J connectivity index is 1.40. The summed E-state index contributed by atoms with van der Waals surface area (Å²) in [4.78, 5) is 15.2. The highest BCUT2D eigenvalue weighted by Gasteiger charge is 2.27. The molecule has 3 aromatic heterocycles. The summed E-state index contributed by atoms with van der Waals surface area (Å²) >= 11 is 0. The van der Waals surface area contributed by atoms with Crippen molar-refractivity contribution >= 4 is 190 Å². The molecule has 0 bridgehead atoms. The normalized spacial score (nSPS) is 11.7. The van der Waals surface area contributed by atoms with Crippen molar-refractivity contribution < 1.29 is 4.42 Å². The average Bonchev–Trinajstić information content (AvgIpc) is 3.74. The summed E-state index contributed by atoms with van der Waals surface area (Å²) in [6.07, 6.45) is 0. The maximum absolute atomic E-state index is 7.30. The Morgan fingerprint density at radius 3 is 1.42 bits per heavy atom. The van der Waals surface area contributed by atoms with E-state index in [4.69, 9.17) is 19.4 Å². The molecule has 250 valence electrons. The van der Waals surface area contributed by atoms with Gasteiger partial charge in [0.25, 0.3) is 0 Å². The van der Waals surface area contributed by atoms with Gasteiger partial charge in [-0.25, -0.2) is 15.0 Å². The van der Waals surface area contributed by atoms with Crippen LogP contribution in [0.3, 0.4) is 0 Å². The summed E-state index contributed by atoms with van der Waals surface area (Å²) in [7, 11) is 24.7. The number of rotatable bonds is 4. The van der Waals surface area contributed by atoms with Crippen molar-refractivity contribution in [2.24, 2.45) is 0 Å². The third kappa shape index (κ3) is 5.20. The minimum Gasteiger partial charge on any atom is -0.454 e. The highest BCUT2D eigenvalue weighted by molar-refractivity contribution is 6.65. The second-order valence-electron chi connectivity index (χ2n) is 15.7. The Morgan fingerprint density at radius 2 is 0.909 bits per heavy atom. The van der Waals surface area contributed by atoms with Crippen LogP contribution in [0.1, 0.15) is 0 Å². The van der Waals surface area contributed by atoms with Gasteiger partial charge in [-0.1, -0.05) is 133 Å². The zero-order valence-electron chi connectivity index (χ0n) is 33.7. The van der Waals surface area contributed by atoms with Crippen molar-refractivity contribution in [3.63, 3.8) is 0 Å². The smallest absolute Gasteiger partial charge is 0.164 e. The number of fused-ring (bicyclic) bond motifs is 6. The molecule has 0 fully saturated rings. The fraction of sp³-hybridized carbons (Fsp3) is 0. The fourth-order valence-electron chi connectivity index (χ4n) is 9.12. The molecule has 55 heavy (non-hydrogen) atoms. The number of aromatic nitrogens is 4. The molecule has 0 spiro atoms. The second kappa shape index (κ2) is 12.9. The molecule has 0 aliphatic carbocycles. The second-order valence-corrected chi connectivity index (χ2v) is 15.7. The van der Waals surface area contributed by atoms with E-state index in [1.54, 1.807) is 0 Å². The van der Waals surface area contributed by atoms with Gasteiger partial charge in [-0.3, -0.25) is 0 Å². The Bertz CT molecular complexity index is 2980. The van der Waals surface area contributed by atoms with E-state index in [-0.39, 0.29) is 0 Å². The lowest BCUT2D eigenvalue weighted by atomic mass is 9.69. The molecule has 3 heterocycles. The van der Waals surface area contributed by atoms with Gasteiger partial charge in [0.1, 0.15) is 91.9 Å². The van der Waals surface area contributed by atoms with E-state index >= 15 is 0 Å². The van der Waals surface area contributed by atoms with Gasteiger partial charge < -0.3 is 8.98 Å². The quantitative estimate of drug-likeness (QED) is 0.172. The molecule has 0 radical (unpaired) electrons.